The lowest BCUT2D eigenvalue weighted by atomic mass is 9.86. The van der Waals surface area contributed by atoms with Crippen LogP contribution < -0.4 is 17.2 Å². The number of nitrogens with two attached hydrogens (primary N) is 3. The molecule has 0 amide bonds. The summed E-state index contributed by atoms with van der Waals surface area (Å²) in [5, 5.41) is 0. The molecule has 20 heavy (non-hydrogen) atoms. The molecule has 0 spiro atoms. The fourth-order valence-corrected chi connectivity index (χ4v) is 4.11. The molecule has 3 aliphatic rings. The average Bonchev–Trinajstić information content (AvgIpc) is 2.47. The normalized spacial score (nSPS) is 39.9. The van der Waals surface area contributed by atoms with Gasteiger partial charge in [-0.3, -0.25) is 10.6 Å². The van der Waals surface area contributed by atoms with Gasteiger partial charge in [-0.05, 0) is 64.0 Å². The topological polar surface area (TPSA) is 84.5 Å². The molecule has 2 unspecified atom stereocenters. The maximum Gasteiger partial charge on any atom is 0.136 e. The number of rotatable bonds is 1. The SMILES string of the molecule is CN1C(N)C2=C(CCCC2)N(C2CCC(N)CC2)C1N. The van der Waals surface area contributed by atoms with Crippen molar-refractivity contribution in [3.05, 3.63) is 11.3 Å². The van der Waals surface area contributed by atoms with Crippen molar-refractivity contribution in [2.24, 2.45) is 17.2 Å². The van der Waals surface area contributed by atoms with E-state index in [2.05, 4.69) is 16.8 Å². The maximum absolute atomic E-state index is 6.49. The van der Waals surface area contributed by atoms with Crippen LogP contribution in [0, 0.1) is 0 Å². The Balaban J connectivity index is 1.88. The van der Waals surface area contributed by atoms with Crippen LogP contribution in [0.1, 0.15) is 51.4 Å². The summed E-state index contributed by atoms with van der Waals surface area (Å²) in [5.41, 5.74) is 21.8. The van der Waals surface area contributed by atoms with Crippen molar-refractivity contribution in [2.45, 2.75) is 75.9 Å². The van der Waals surface area contributed by atoms with Gasteiger partial charge in [0.1, 0.15) is 6.29 Å². The Labute approximate surface area is 122 Å². The highest BCUT2D eigenvalue weighted by atomic mass is 15.5. The van der Waals surface area contributed by atoms with Gasteiger partial charge in [-0.15, -0.1) is 0 Å². The molecule has 2 atom stereocenters. The highest BCUT2D eigenvalue weighted by Gasteiger charge is 2.39. The minimum Gasteiger partial charge on any atom is -0.344 e. The quantitative estimate of drug-likeness (QED) is 0.663. The third-order valence-electron chi connectivity index (χ3n) is 5.42. The number of hydrogen-bond acceptors (Lipinski definition) is 5. The lowest BCUT2D eigenvalue weighted by molar-refractivity contribution is 0.00149. The molecule has 0 aromatic carbocycles. The largest absolute Gasteiger partial charge is 0.344 e. The lowest BCUT2D eigenvalue weighted by Gasteiger charge is -2.52. The minimum atomic E-state index is -0.0822. The summed E-state index contributed by atoms with van der Waals surface area (Å²) in [6, 6.07) is 0.926. The van der Waals surface area contributed by atoms with Crippen molar-refractivity contribution in [3.8, 4) is 0 Å². The van der Waals surface area contributed by atoms with Gasteiger partial charge in [0.25, 0.3) is 0 Å². The predicted molar refractivity (Wildman–Crippen MR) is 81.3 cm³/mol. The first-order valence-electron chi connectivity index (χ1n) is 8.08. The molecule has 5 heteroatoms. The predicted octanol–water partition coefficient (Wildman–Crippen LogP) is 0.859. The van der Waals surface area contributed by atoms with E-state index >= 15 is 0 Å². The summed E-state index contributed by atoms with van der Waals surface area (Å²) < 4.78 is 0. The Bertz CT molecular complexity index is 386. The average molecular weight is 279 g/mol. The standard InChI is InChI=1S/C15H29N5/c1-19-14(17)12-4-2-3-5-13(12)20(15(19)18)11-8-6-10(16)7-9-11/h10-11,14-15H,2-9,16-18H2,1H3. The van der Waals surface area contributed by atoms with Crippen LogP contribution in [0.4, 0.5) is 0 Å². The van der Waals surface area contributed by atoms with Crippen LogP contribution in [0.3, 0.4) is 0 Å². The summed E-state index contributed by atoms with van der Waals surface area (Å²) in [6.45, 7) is 0. The fourth-order valence-electron chi connectivity index (χ4n) is 4.11. The Morgan fingerprint density at radius 3 is 2.30 bits per heavy atom. The van der Waals surface area contributed by atoms with Crippen LogP contribution in [0.5, 0.6) is 0 Å². The Kier molecular flexibility index (Phi) is 4.04. The molecular weight excluding hydrogens is 250 g/mol. The molecule has 0 bridgehead atoms. The van der Waals surface area contributed by atoms with E-state index in [1.165, 1.54) is 24.1 Å². The summed E-state index contributed by atoms with van der Waals surface area (Å²) in [6.07, 6.45) is 9.29. The van der Waals surface area contributed by atoms with E-state index in [1.54, 1.807) is 0 Å². The van der Waals surface area contributed by atoms with Gasteiger partial charge in [0.2, 0.25) is 0 Å². The molecule has 3 rings (SSSR count). The van der Waals surface area contributed by atoms with Crippen molar-refractivity contribution in [1.82, 2.24) is 9.80 Å². The van der Waals surface area contributed by atoms with E-state index in [4.69, 9.17) is 17.2 Å². The fraction of sp³-hybridized carbons (Fsp3) is 0.867. The molecule has 1 fully saturated rings. The van der Waals surface area contributed by atoms with Crippen molar-refractivity contribution in [1.29, 1.82) is 0 Å². The molecule has 0 aromatic heterocycles. The number of nitrogens with zero attached hydrogens (tertiary/aromatic N) is 2. The second-order valence-corrected chi connectivity index (χ2v) is 6.68. The zero-order valence-electron chi connectivity index (χ0n) is 12.6. The van der Waals surface area contributed by atoms with E-state index in [9.17, 15) is 0 Å². The number of allylic oxidation sites excluding steroid dienone is 1. The molecule has 6 N–H and O–H groups in total. The van der Waals surface area contributed by atoms with E-state index in [1.807, 2.05) is 0 Å². The second-order valence-electron chi connectivity index (χ2n) is 6.68. The first kappa shape index (κ1) is 14.3. The Hall–Kier alpha value is -0.620. The van der Waals surface area contributed by atoms with Gasteiger partial charge in [0.15, 0.2) is 0 Å². The van der Waals surface area contributed by atoms with Crippen LogP contribution in [0.15, 0.2) is 11.3 Å². The van der Waals surface area contributed by atoms with Crippen LogP contribution >= 0.6 is 0 Å². The monoisotopic (exact) mass is 279 g/mol. The van der Waals surface area contributed by atoms with E-state index < -0.39 is 0 Å². The zero-order valence-corrected chi connectivity index (χ0v) is 12.6. The van der Waals surface area contributed by atoms with Gasteiger partial charge < -0.3 is 16.4 Å². The third-order valence-corrected chi connectivity index (χ3v) is 5.42. The molecule has 114 valence electrons. The van der Waals surface area contributed by atoms with E-state index in [0.29, 0.717) is 12.1 Å². The van der Waals surface area contributed by atoms with Crippen molar-refractivity contribution >= 4 is 0 Å². The van der Waals surface area contributed by atoms with Crippen molar-refractivity contribution in [2.75, 3.05) is 7.05 Å². The first-order chi connectivity index (χ1) is 9.59. The molecule has 2 aliphatic carbocycles. The van der Waals surface area contributed by atoms with Gasteiger partial charge in [-0.1, -0.05) is 0 Å². The zero-order chi connectivity index (χ0) is 14.3. The van der Waals surface area contributed by atoms with Crippen LogP contribution in [0.25, 0.3) is 0 Å². The minimum absolute atomic E-state index is 0.00222. The molecule has 5 nitrogen and oxygen atoms in total. The van der Waals surface area contributed by atoms with Gasteiger partial charge in [-0.2, -0.15) is 0 Å². The van der Waals surface area contributed by atoms with Crippen LogP contribution in [-0.4, -0.2) is 41.4 Å². The van der Waals surface area contributed by atoms with E-state index in [-0.39, 0.29) is 12.5 Å². The van der Waals surface area contributed by atoms with Crippen LogP contribution in [0.2, 0.25) is 0 Å². The van der Waals surface area contributed by atoms with Crippen molar-refractivity contribution in [3.63, 3.8) is 0 Å². The summed E-state index contributed by atoms with van der Waals surface area (Å²) in [7, 11) is 2.05. The molecule has 1 saturated carbocycles. The number of likely N-dealkylation sites (N-methyl/N-ethyl adjacent to an activating group) is 1. The second kappa shape index (κ2) is 5.64. The molecule has 1 heterocycles. The highest BCUT2D eigenvalue weighted by molar-refractivity contribution is 5.25. The highest BCUT2D eigenvalue weighted by Crippen LogP contribution is 2.38. The molecule has 0 radical (unpaired) electrons. The van der Waals surface area contributed by atoms with Gasteiger partial charge >= 0.3 is 0 Å². The molecule has 0 saturated heterocycles. The van der Waals surface area contributed by atoms with Gasteiger partial charge in [-0.25, -0.2) is 0 Å². The Morgan fingerprint density at radius 2 is 1.60 bits per heavy atom. The maximum atomic E-state index is 6.49. The number of hydrogen-bond donors (Lipinski definition) is 3. The third kappa shape index (κ3) is 2.37. The first-order valence-corrected chi connectivity index (χ1v) is 8.08. The van der Waals surface area contributed by atoms with Gasteiger partial charge in [0.05, 0.1) is 6.17 Å². The summed E-state index contributed by atoms with van der Waals surface area (Å²) in [4.78, 5) is 4.60. The van der Waals surface area contributed by atoms with Crippen LogP contribution in [-0.2, 0) is 0 Å². The molecule has 1 aliphatic heterocycles. The Morgan fingerprint density at radius 1 is 0.950 bits per heavy atom. The molecular formula is C15H29N5. The summed E-state index contributed by atoms with van der Waals surface area (Å²) in [5.74, 6) is 0. The smallest absolute Gasteiger partial charge is 0.136 e. The lowest BCUT2D eigenvalue weighted by Crippen LogP contribution is -2.65. The van der Waals surface area contributed by atoms with Gasteiger partial charge in [0, 0.05) is 17.8 Å². The van der Waals surface area contributed by atoms with Crippen molar-refractivity contribution < 1.29 is 0 Å². The molecule has 0 aromatic rings. The van der Waals surface area contributed by atoms with E-state index in [0.717, 1.165) is 38.5 Å². The summed E-state index contributed by atoms with van der Waals surface area (Å²) >= 11 is 0.